The van der Waals surface area contributed by atoms with Gasteiger partial charge in [-0.25, -0.2) is 8.78 Å². The molecule has 0 unspecified atom stereocenters. The fraction of sp³-hybridized carbons (Fsp3) is 0.250. The SMILES string of the molecule is O=C(COc1ccc(Cl)c(F)c1)NC[C@@H](O)CCc1nnc(-c2ccc(Cl)c(F)c2)o1. The summed E-state index contributed by atoms with van der Waals surface area (Å²) in [5.41, 5.74) is 0.383. The van der Waals surface area contributed by atoms with E-state index in [0.717, 1.165) is 6.07 Å². The maximum absolute atomic E-state index is 13.5. The van der Waals surface area contributed by atoms with Crippen LogP contribution < -0.4 is 10.1 Å². The number of aliphatic hydroxyl groups excluding tert-OH is 1. The fourth-order valence-corrected chi connectivity index (χ4v) is 2.73. The molecule has 1 amide bonds. The van der Waals surface area contributed by atoms with Crippen LogP contribution in [0.2, 0.25) is 10.0 Å². The zero-order chi connectivity index (χ0) is 22.4. The molecule has 2 aromatic carbocycles. The highest BCUT2D eigenvalue weighted by molar-refractivity contribution is 6.31. The van der Waals surface area contributed by atoms with Crippen molar-refractivity contribution in [2.24, 2.45) is 0 Å². The zero-order valence-corrected chi connectivity index (χ0v) is 17.5. The molecule has 164 valence electrons. The summed E-state index contributed by atoms with van der Waals surface area (Å²) < 4.78 is 37.5. The minimum absolute atomic E-state index is 0.0145. The van der Waals surface area contributed by atoms with Gasteiger partial charge in [-0.1, -0.05) is 23.2 Å². The van der Waals surface area contributed by atoms with E-state index < -0.39 is 23.6 Å². The molecule has 0 saturated carbocycles. The molecule has 2 N–H and O–H groups in total. The lowest BCUT2D eigenvalue weighted by molar-refractivity contribution is -0.123. The van der Waals surface area contributed by atoms with Gasteiger partial charge in [-0.3, -0.25) is 4.79 Å². The van der Waals surface area contributed by atoms with Gasteiger partial charge in [0.2, 0.25) is 11.8 Å². The highest BCUT2D eigenvalue weighted by Crippen LogP contribution is 2.23. The number of aromatic nitrogens is 2. The molecular formula is C20H17Cl2F2N3O4. The van der Waals surface area contributed by atoms with Crippen LogP contribution in [0.25, 0.3) is 11.5 Å². The van der Waals surface area contributed by atoms with Crippen LogP contribution in [0.15, 0.2) is 40.8 Å². The van der Waals surface area contributed by atoms with Gasteiger partial charge in [0.05, 0.1) is 16.1 Å². The maximum atomic E-state index is 13.5. The van der Waals surface area contributed by atoms with E-state index in [9.17, 15) is 18.7 Å². The molecule has 0 saturated heterocycles. The van der Waals surface area contributed by atoms with Gasteiger partial charge in [0, 0.05) is 24.6 Å². The Hall–Kier alpha value is -2.75. The van der Waals surface area contributed by atoms with Gasteiger partial charge in [-0.2, -0.15) is 0 Å². The monoisotopic (exact) mass is 471 g/mol. The first-order chi connectivity index (χ1) is 14.8. The highest BCUT2D eigenvalue weighted by atomic mass is 35.5. The predicted octanol–water partition coefficient (Wildman–Crippen LogP) is 3.81. The van der Waals surface area contributed by atoms with E-state index in [0.29, 0.717) is 5.56 Å². The first kappa shape index (κ1) is 22.9. The average molecular weight is 472 g/mol. The van der Waals surface area contributed by atoms with Crippen LogP contribution in [0.4, 0.5) is 8.78 Å². The molecule has 1 atom stereocenters. The molecule has 0 aliphatic rings. The summed E-state index contributed by atoms with van der Waals surface area (Å²) >= 11 is 11.2. The molecule has 0 bridgehead atoms. The van der Waals surface area contributed by atoms with Gasteiger partial charge >= 0.3 is 0 Å². The van der Waals surface area contributed by atoms with Crippen LogP contribution in [0.1, 0.15) is 12.3 Å². The third-order valence-corrected chi connectivity index (χ3v) is 4.73. The Morgan fingerprint density at radius 3 is 2.55 bits per heavy atom. The van der Waals surface area contributed by atoms with Crippen molar-refractivity contribution in [2.75, 3.05) is 13.2 Å². The van der Waals surface area contributed by atoms with Crippen molar-refractivity contribution in [3.05, 3.63) is 64.0 Å². The Kier molecular flexibility index (Phi) is 7.78. The number of aliphatic hydroxyl groups is 1. The summed E-state index contributed by atoms with van der Waals surface area (Å²) in [5, 5.41) is 20.2. The van der Waals surface area contributed by atoms with E-state index in [4.69, 9.17) is 32.4 Å². The van der Waals surface area contributed by atoms with E-state index in [1.807, 2.05) is 0 Å². The smallest absolute Gasteiger partial charge is 0.258 e. The normalized spacial score (nSPS) is 11.9. The number of aryl methyl sites for hydroxylation is 1. The van der Waals surface area contributed by atoms with Crippen LogP contribution in [-0.4, -0.2) is 40.5 Å². The van der Waals surface area contributed by atoms with Crippen molar-refractivity contribution in [1.29, 1.82) is 0 Å². The number of amides is 1. The number of nitrogens with one attached hydrogen (secondary N) is 1. The Balaban J connectivity index is 1.40. The van der Waals surface area contributed by atoms with Crippen LogP contribution in [-0.2, 0) is 11.2 Å². The van der Waals surface area contributed by atoms with Crippen LogP contribution >= 0.6 is 23.2 Å². The summed E-state index contributed by atoms with van der Waals surface area (Å²) in [5.74, 6) is -1.20. The molecule has 1 heterocycles. The number of rotatable bonds is 9. The Morgan fingerprint density at radius 1 is 1.13 bits per heavy atom. The Bertz CT molecular complexity index is 1060. The summed E-state index contributed by atoms with van der Waals surface area (Å²) in [7, 11) is 0. The number of hydrogen-bond donors (Lipinski definition) is 2. The molecule has 11 heteroatoms. The fourth-order valence-electron chi connectivity index (χ4n) is 2.49. The minimum Gasteiger partial charge on any atom is -0.484 e. The molecule has 0 aliphatic carbocycles. The van der Waals surface area contributed by atoms with Crippen molar-refractivity contribution in [3.63, 3.8) is 0 Å². The van der Waals surface area contributed by atoms with Gasteiger partial charge in [0.1, 0.15) is 17.4 Å². The third kappa shape index (κ3) is 6.61. The lowest BCUT2D eigenvalue weighted by Gasteiger charge is -2.11. The second-order valence-corrected chi connectivity index (χ2v) is 7.31. The van der Waals surface area contributed by atoms with E-state index in [1.165, 1.54) is 24.3 Å². The number of ether oxygens (including phenoxy) is 1. The third-order valence-electron chi connectivity index (χ3n) is 4.12. The van der Waals surface area contributed by atoms with Gasteiger partial charge < -0.3 is 19.6 Å². The summed E-state index contributed by atoms with van der Waals surface area (Å²) in [6.07, 6.45) is -0.388. The molecule has 31 heavy (non-hydrogen) atoms. The topological polar surface area (TPSA) is 97.5 Å². The van der Waals surface area contributed by atoms with E-state index in [1.54, 1.807) is 6.07 Å². The first-order valence-corrected chi connectivity index (χ1v) is 9.88. The van der Waals surface area contributed by atoms with Crippen LogP contribution in [0.3, 0.4) is 0 Å². The molecule has 3 rings (SSSR count). The molecular weight excluding hydrogens is 455 g/mol. The lowest BCUT2D eigenvalue weighted by atomic mass is 10.2. The van der Waals surface area contributed by atoms with Crippen LogP contribution in [0, 0.1) is 11.6 Å². The highest BCUT2D eigenvalue weighted by Gasteiger charge is 2.14. The Morgan fingerprint density at radius 2 is 1.84 bits per heavy atom. The minimum atomic E-state index is -0.875. The van der Waals surface area contributed by atoms with Gasteiger partial charge in [0.25, 0.3) is 5.91 Å². The molecule has 0 spiro atoms. The first-order valence-electron chi connectivity index (χ1n) is 9.12. The van der Waals surface area contributed by atoms with E-state index in [2.05, 4.69) is 15.5 Å². The van der Waals surface area contributed by atoms with Crippen molar-refractivity contribution >= 4 is 29.1 Å². The van der Waals surface area contributed by atoms with Gasteiger partial charge in [-0.15, -0.1) is 10.2 Å². The summed E-state index contributed by atoms with van der Waals surface area (Å²) in [6.45, 7) is -0.376. The summed E-state index contributed by atoms with van der Waals surface area (Å²) in [6, 6.07) is 7.94. The van der Waals surface area contributed by atoms with E-state index in [-0.39, 0.29) is 53.6 Å². The second-order valence-electron chi connectivity index (χ2n) is 6.49. The Labute approximate surface area is 185 Å². The number of nitrogens with zero attached hydrogens (tertiary/aromatic N) is 2. The molecule has 1 aromatic heterocycles. The van der Waals surface area contributed by atoms with E-state index >= 15 is 0 Å². The quantitative estimate of drug-likeness (QED) is 0.492. The number of halogens is 4. The standard InChI is InChI=1S/C20H17Cl2F2N3O4/c21-14-4-1-11(7-16(14)23)20-27-26-19(31-20)6-2-12(28)9-25-18(29)10-30-13-3-5-15(22)17(24)8-13/h1,3-5,7-8,12,28H,2,6,9-10H2,(H,25,29)/t12-/m0/s1. The molecule has 7 nitrogen and oxygen atoms in total. The van der Waals surface area contributed by atoms with Crippen molar-refractivity contribution in [3.8, 4) is 17.2 Å². The van der Waals surface area contributed by atoms with Crippen molar-refractivity contribution < 1.29 is 27.8 Å². The summed E-state index contributed by atoms with van der Waals surface area (Å²) in [4.78, 5) is 11.8. The number of benzene rings is 2. The van der Waals surface area contributed by atoms with Gasteiger partial charge in [-0.05, 0) is 36.8 Å². The van der Waals surface area contributed by atoms with Gasteiger partial charge in [0.15, 0.2) is 6.61 Å². The molecule has 0 fully saturated rings. The number of hydrogen-bond acceptors (Lipinski definition) is 6. The van der Waals surface area contributed by atoms with Crippen molar-refractivity contribution in [1.82, 2.24) is 15.5 Å². The number of carbonyl (C=O) groups excluding carboxylic acids is 1. The molecule has 3 aromatic rings. The molecule has 0 aliphatic heterocycles. The average Bonchev–Trinajstić information content (AvgIpc) is 3.22. The van der Waals surface area contributed by atoms with Crippen LogP contribution in [0.5, 0.6) is 5.75 Å². The van der Waals surface area contributed by atoms with Crippen molar-refractivity contribution in [2.45, 2.75) is 18.9 Å². The molecule has 0 radical (unpaired) electrons. The predicted molar refractivity (Wildman–Crippen MR) is 109 cm³/mol. The second kappa shape index (κ2) is 10.5. The lowest BCUT2D eigenvalue weighted by Crippen LogP contribution is -2.35. The maximum Gasteiger partial charge on any atom is 0.258 e. The largest absolute Gasteiger partial charge is 0.484 e. The number of carbonyl (C=O) groups is 1. The zero-order valence-electron chi connectivity index (χ0n) is 15.9.